The number of hydrogen-bond donors (Lipinski definition) is 0. The van der Waals surface area contributed by atoms with Crippen LogP contribution in [0.1, 0.15) is 72.1 Å². The normalized spacial score (nSPS) is 41.7. The molecule has 0 bridgehead atoms. The van der Waals surface area contributed by atoms with Gasteiger partial charge in [-0.2, -0.15) is 0 Å². The lowest BCUT2D eigenvalue weighted by atomic mass is 9.46. The third-order valence-electron chi connectivity index (χ3n) is 9.25. The minimum Gasteiger partial charge on any atom is -0.466 e. The van der Waals surface area contributed by atoms with Crippen molar-refractivity contribution in [2.75, 3.05) is 7.11 Å². The van der Waals surface area contributed by atoms with Crippen molar-refractivity contribution in [1.29, 1.82) is 0 Å². The molecule has 4 heteroatoms. The van der Waals surface area contributed by atoms with Crippen LogP contribution in [0.4, 0.5) is 0 Å². The van der Waals surface area contributed by atoms with E-state index in [1.165, 1.54) is 25.2 Å². The van der Waals surface area contributed by atoms with Crippen molar-refractivity contribution in [3.63, 3.8) is 0 Å². The van der Waals surface area contributed by atoms with E-state index in [9.17, 15) is 14.4 Å². The molecule has 0 unspecified atom stereocenters. The quantitative estimate of drug-likeness (QED) is 0.505. The van der Waals surface area contributed by atoms with Gasteiger partial charge in [0.25, 0.3) is 0 Å². The average Bonchev–Trinajstić information content (AvgIpc) is 3.04. The van der Waals surface area contributed by atoms with Gasteiger partial charge in [-0.3, -0.25) is 9.59 Å². The van der Waals surface area contributed by atoms with Crippen LogP contribution in [0.3, 0.4) is 0 Å². The summed E-state index contributed by atoms with van der Waals surface area (Å²) in [5, 5.41) is 0. The summed E-state index contributed by atoms with van der Waals surface area (Å²) in [5.41, 5.74) is 2.20. The Kier molecular flexibility index (Phi) is 5.11. The molecule has 4 aliphatic rings. The number of esters is 1. The molecule has 29 heavy (non-hydrogen) atoms. The highest BCUT2D eigenvalue weighted by Gasteiger charge is 2.60. The molecule has 0 radical (unpaired) electrons. The smallest absolute Gasteiger partial charge is 0.330 e. The molecule has 0 aromatic heterocycles. The summed E-state index contributed by atoms with van der Waals surface area (Å²) in [6.07, 6.45) is 11.1. The molecule has 0 heterocycles. The summed E-state index contributed by atoms with van der Waals surface area (Å²) in [6, 6.07) is 0. The van der Waals surface area contributed by atoms with Gasteiger partial charge in [0.15, 0.2) is 5.78 Å². The SMILES string of the molecule is COC(=O)/C=C/C1=C2CC[C@H]3[C@@H]4CC[C@H](C(C)=O)[C@@]4(C)CC[C@@H]3[C@@]2(C)CCC1=O. The molecule has 3 fully saturated rings. The first-order valence-electron chi connectivity index (χ1n) is 11.3. The van der Waals surface area contributed by atoms with Crippen molar-refractivity contribution in [1.82, 2.24) is 0 Å². The Morgan fingerprint density at radius 2 is 1.79 bits per heavy atom. The largest absolute Gasteiger partial charge is 0.466 e. The highest BCUT2D eigenvalue weighted by molar-refractivity contribution is 6.01. The van der Waals surface area contributed by atoms with Gasteiger partial charge in [-0.15, -0.1) is 0 Å². The van der Waals surface area contributed by atoms with E-state index in [0.29, 0.717) is 30.0 Å². The van der Waals surface area contributed by atoms with Crippen LogP contribution in [0, 0.1) is 34.5 Å². The summed E-state index contributed by atoms with van der Waals surface area (Å²) >= 11 is 0. The summed E-state index contributed by atoms with van der Waals surface area (Å²) in [7, 11) is 1.36. The van der Waals surface area contributed by atoms with Gasteiger partial charge in [-0.25, -0.2) is 4.79 Å². The predicted molar refractivity (Wildman–Crippen MR) is 111 cm³/mol. The monoisotopic (exact) mass is 398 g/mol. The number of allylic oxidation sites excluding steroid dienone is 2. The summed E-state index contributed by atoms with van der Waals surface area (Å²) in [6.45, 7) is 6.51. The molecule has 0 aromatic carbocycles. The lowest BCUT2D eigenvalue weighted by molar-refractivity contribution is -0.134. The molecule has 4 rings (SSSR count). The van der Waals surface area contributed by atoms with Gasteiger partial charge >= 0.3 is 5.97 Å². The highest BCUT2D eigenvalue weighted by Crippen LogP contribution is 2.67. The number of carbonyl (C=O) groups excluding carboxylic acids is 3. The number of Topliss-reactive ketones (excluding diaryl/α,β-unsaturated/α-hetero) is 2. The van der Waals surface area contributed by atoms with Crippen molar-refractivity contribution < 1.29 is 19.1 Å². The zero-order valence-electron chi connectivity index (χ0n) is 18.3. The number of ketones is 2. The Balaban J connectivity index is 1.68. The zero-order valence-corrected chi connectivity index (χ0v) is 18.3. The fraction of sp³-hybridized carbons (Fsp3) is 0.720. The molecular weight excluding hydrogens is 364 g/mol. The van der Waals surface area contributed by atoms with Crippen molar-refractivity contribution in [2.45, 2.75) is 72.1 Å². The Morgan fingerprint density at radius 3 is 2.48 bits per heavy atom. The number of ether oxygens (including phenoxy) is 1. The lowest BCUT2D eigenvalue weighted by Crippen LogP contribution is -2.51. The second-order valence-corrected chi connectivity index (χ2v) is 10.3. The van der Waals surface area contributed by atoms with Gasteiger partial charge in [0.05, 0.1) is 7.11 Å². The molecule has 0 aromatic rings. The van der Waals surface area contributed by atoms with Crippen molar-refractivity contribution in [2.24, 2.45) is 34.5 Å². The molecule has 6 atom stereocenters. The van der Waals surface area contributed by atoms with E-state index in [0.717, 1.165) is 44.1 Å². The maximum absolute atomic E-state index is 12.7. The van der Waals surface area contributed by atoms with E-state index < -0.39 is 5.97 Å². The topological polar surface area (TPSA) is 60.4 Å². The van der Waals surface area contributed by atoms with Gasteiger partial charge in [0.2, 0.25) is 0 Å². The minimum absolute atomic E-state index is 0.0300. The lowest BCUT2D eigenvalue weighted by Gasteiger charge is -2.58. The van der Waals surface area contributed by atoms with Crippen LogP contribution >= 0.6 is 0 Å². The average molecular weight is 399 g/mol. The minimum atomic E-state index is -0.415. The number of hydrogen-bond acceptors (Lipinski definition) is 4. The molecule has 4 aliphatic carbocycles. The molecule has 0 spiro atoms. The van der Waals surface area contributed by atoms with Gasteiger partial charge < -0.3 is 4.74 Å². The third kappa shape index (κ3) is 3.05. The Bertz CT molecular complexity index is 806. The number of rotatable bonds is 3. The van der Waals surface area contributed by atoms with Crippen LogP contribution in [0.2, 0.25) is 0 Å². The molecule has 3 saturated carbocycles. The number of carbonyl (C=O) groups is 3. The number of fused-ring (bicyclic) bond motifs is 5. The van der Waals surface area contributed by atoms with Crippen molar-refractivity contribution in [3.05, 3.63) is 23.3 Å². The van der Waals surface area contributed by atoms with E-state index in [-0.39, 0.29) is 22.5 Å². The highest BCUT2D eigenvalue weighted by atomic mass is 16.5. The first kappa shape index (κ1) is 20.6. The molecule has 0 saturated heterocycles. The Hall–Kier alpha value is -1.71. The molecule has 158 valence electrons. The first-order valence-corrected chi connectivity index (χ1v) is 11.3. The molecule has 0 aliphatic heterocycles. The molecule has 0 N–H and O–H groups in total. The Morgan fingerprint density at radius 1 is 1.03 bits per heavy atom. The summed E-state index contributed by atoms with van der Waals surface area (Å²) in [4.78, 5) is 36.6. The van der Waals surface area contributed by atoms with Crippen LogP contribution in [0.5, 0.6) is 0 Å². The van der Waals surface area contributed by atoms with Crippen molar-refractivity contribution in [3.8, 4) is 0 Å². The van der Waals surface area contributed by atoms with E-state index in [1.807, 2.05) is 0 Å². The van der Waals surface area contributed by atoms with E-state index in [4.69, 9.17) is 4.74 Å². The van der Waals surface area contributed by atoms with E-state index in [2.05, 4.69) is 13.8 Å². The maximum atomic E-state index is 12.7. The van der Waals surface area contributed by atoms with Gasteiger partial charge in [0.1, 0.15) is 5.78 Å². The molecule has 0 amide bonds. The number of methoxy groups -OCH3 is 1. The van der Waals surface area contributed by atoms with E-state index >= 15 is 0 Å². The zero-order chi connectivity index (χ0) is 21.0. The summed E-state index contributed by atoms with van der Waals surface area (Å²) in [5.74, 6) is 2.19. The van der Waals surface area contributed by atoms with Gasteiger partial charge in [-0.05, 0) is 86.5 Å². The fourth-order valence-electron chi connectivity index (χ4n) is 7.84. The third-order valence-corrected chi connectivity index (χ3v) is 9.25. The predicted octanol–water partition coefficient (Wildman–Crippen LogP) is 4.82. The van der Waals surface area contributed by atoms with E-state index in [1.54, 1.807) is 13.0 Å². The fourth-order valence-corrected chi connectivity index (χ4v) is 7.84. The first-order chi connectivity index (χ1) is 13.7. The Labute approximate surface area is 174 Å². The second-order valence-electron chi connectivity index (χ2n) is 10.3. The van der Waals surface area contributed by atoms with Crippen LogP contribution in [0.25, 0.3) is 0 Å². The molecule has 4 nitrogen and oxygen atoms in total. The van der Waals surface area contributed by atoms with Crippen LogP contribution in [-0.4, -0.2) is 24.6 Å². The molecular formula is C25H34O4. The van der Waals surface area contributed by atoms with Crippen LogP contribution < -0.4 is 0 Å². The summed E-state index contributed by atoms with van der Waals surface area (Å²) < 4.78 is 4.72. The van der Waals surface area contributed by atoms with Crippen molar-refractivity contribution >= 4 is 17.5 Å². The van der Waals surface area contributed by atoms with Gasteiger partial charge in [-0.1, -0.05) is 19.4 Å². The van der Waals surface area contributed by atoms with Crippen LogP contribution in [0.15, 0.2) is 23.3 Å². The van der Waals surface area contributed by atoms with Gasteiger partial charge in [0, 0.05) is 24.0 Å². The standard InChI is InChI=1S/C25H34O4/c1-15(26)18-8-9-19-16-5-7-20-17(6-10-23(28)29-4)22(27)12-14-25(20,3)21(16)11-13-24(18,19)2/h6,10,16,18-19,21H,5,7-9,11-14H2,1-4H3/b10-6+/t16-,18+,19-,21-,24+,25-/m0/s1. The van der Waals surface area contributed by atoms with Crippen LogP contribution in [-0.2, 0) is 19.1 Å². The maximum Gasteiger partial charge on any atom is 0.330 e. The second kappa shape index (κ2) is 7.21.